The second-order valence-corrected chi connectivity index (χ2v) is 4.30. The van der Waals surface area contributed by atoms with Crippen LogP contribution in [-0.2, 0) is 6.18 Å². The molecule has 0 bridgehead atoms. The highest BCUT2D eigenvalue weighted by molar-refractivity contribution is 5.51. The first-order valence-corrected chi connectivity index (χ1v) is 5.36. The maximum Gasteiger partial charge on any atom is 0.416 e. The Labute approximate surface area is 99.2 Å². The van der Waals surface area contributed by atoms with Gasteiger partial charge >= 0.3 is 6.18 Å². The first-order chi connectivity index (χ1) is 7.77. The molecular weight excluding hydrogens is 229 g/mol. The van der Waals surface area contributed by atoms with Crippen molar-refractivity contribution in [2.75, 3.05) is 25.5 Å². The van der Waals surface area contributed by atoms with E-state index in [0.29, 0.717) is 0 Å². The number of halogens is 3. The second-order valence-electron chi connectivity index (χ2n) is 4.30. The molecule has 0 heterocycles. The molecule has 0 spiro atoms. The number of alkyl halides is 3. The first-order valence-electron chi connectivity index (χ1n) is 5.36. The lowest BCUT2D eigenvalue weighted by Gasteiger charge is -2.21. The SMILES string of the molecule is CC(CN)c1cc(N(C)C)ccc1C(F)(F)F. The molecule has 1 rings (SSSR count). The summed E-state index contributed by atoms with van der Waals surface area (Å²) in [5.41, 5.74) is 5.86. The van der Waals surface area contributed by atoms with Crippen LogP contribution in [0.25, 0.3) is 0 Å². The van der Waals surface area contributed by atoms with Crippen molar-refractivity contribution < 1.29 is 13.2 Å². The summed E-state index contributed by atoms with van der Waals surface area (Å²) in [6.45, 7) is 1.89. The second kappa shape index (κ2) is 4.96. The maximum absolute atomic E-state index is 12.8. The van der Waals surface area contributed by atoms with Crippen LogP contribution < -0.4 is 10.6 Å². The number of anilines is 1. The van der Waals surface area contributed by atoms with E-state index in [9.17, 15) is 13.2 Å². The maximum atomic E-state index is 12.8. The van der Waals surface area contributed by atoms with Gasteiger partial charge in [0.15, 0.2) is 0 Å². The minimum absolute atomic E-state index is 0.194. The van der Waals surface area contributed by atoms with Gasteiger partial charge in [-0.2, -0.15) is 13.2 Å². The predicted molar refractivity (Wildman–Crippen MR) is 63.2 cm³/mol. The van der Waals surface area contributed by atoms with Gasteiger partial charge in [-0.05, 0) is 36.2 Å². The van der Waals surface area contributed by atoms with E-state index in [-0.39, 0.29) is 18.0 Å². The first kappa shape index (κ1) is 13.8. The van der Waals surface area contributed by atoms with Crippen LogP contribution in [-0.4, -0.2) is 20.6 Å². The molecule has 0 fully saturated rings. The fraction of sp³-hybridized carbons (Fsp3) is 0.500. The molecule has 0 aliphatic heterocycles. The van der Waals surface area contributed by atoms with Crippen molar-refractivity contribution >= 4 is 5.69 Å². The van der Waals surface area contributed by atoms with E-state index >= 15 is 0 Å². The fourth-order valence-electron chi connectivity index (χ4n) is 1.62. The van der Waals surface area contributed by atoms with Crippen molar-refractivity contribution in [3.8, 4) is 0 Å². The van der Waals surface area contributed by atoms with Crippen LogP contribution in [0.5, 0.6) is 0 Å². The van der Waals surface area contributed by atoms with Gasteiger partial charge in [0.1, 0.15) is 0 Å². The summed E-state index contributed by atoms with van der Waals surface area (Å²) in [5.74, 6) is -0.313. The number of nitrogens with zero attached hydrogens (tertiary/aromatic N) is 1. The molecule has 0 aliphatic carbocycles. The number of rotatable bonds is 3. The van der Waals surface area contributed by atoms with E-state index in [0.717, 1.165) is 11.8 Å². The molecule has 1 atom stereocenters. The van der Waals surface area contributed by atoms with E-state index in [2.05, 4.69) is 0 Å². The molecule has 0 saturated heterocycles. The van der Waals surface area contributed by atoms with Crippen LogP contribution in [0.1, 0.15) is 24.0 Å². The molecule has 5 heteroatoms. The molecule has 0 saturated carbocycles. The standard InChI is InChI=1S/C12H17F3N2/c1-8(7-16)10-6-9(17(2)3)4-5-11(10)12(13,14)15/h4-6,8H,7,16H2,1-3H3. The van der Waals surface area contributed by atoms with Gasteiger partial charge in [-0.1, -0.05) is 6.92 Å². The highest BCUT2D eigenvalue weighted by Crippen LogP contribution is 2.36. The third-order valence-electron chi connectivity index (χ3n) is 2.74. The van der Waals surface area contributed by atoms with E-state index in [1.807, 2.05) is 0 Å². The lowest BCUT2D eigenvalue weighted by molar-refractivity contribution is -0.138. The Balaban J connectivity index is 3.32. The Kier molecular flexibility index (Phi) is 4.03. The zero-order valence-corrected chi connectivity index (χ0v) is 10.2. The summed E-state index contributed by atoms with van der Waals surface area (Å²) in [6, 6.07) is 4.15. The van der Waals surface area contributed by atoms with Crippen molar-refractivity contribution in [3.63, 3.8) is 0 Å². The summed E-state index contributed by atoms with van der Waals surface area (Å²) >= 11 is 0. The van der Waals surface area contributed by atoms with Crippen molar-refractivity contribution in [2.24, 2.45) is 5.73 Å². The fourth-order valence-corrected chi connectivity index (χ4v) is 1.62. The van der Waals surface area contributed by atoms with Gasteiger partial charge in [-0.3, -0.25) is 0 Å². The molecule has 0 radical (unpaired) electrons. The highest BCUT2D eigenvalue weighted by atomic mass is 19.4. The molecule has 2 N–H and O–H groups in total. The van der Waals surface area contributed by atoms with Crippen LogP contribution in [0.4, 0.5) is 18.9 Å². The van der Waals surface area contributed by atoms with Gasteiger partial charge in [-0.25, -0.2) is 0 Å². The number of hydrogen-bond acceptors (Lipinski definition) is 2. The lowest BCUT2D eigenvalue weighted by atomic mass is 9.94. The van der Waals surface area contributed by atoms with E-state index in [1.54, 1.807) is 32.0 Å². The van der Waals surface area contributed by atoms with Crippen LogP contribution in [0.2, 0.25) is 0 Å². The smallest absolute Gasteiger partial charge is 0.378 e. The van der Waals surface area contributed by atoms with E-state index in [1.165, 1.54) is 6.07 Å². The molecule has 96 valence electrons. The third kappa shape index (κ3) is 3.12. The molecule has 17 heavy (non-hydrogen) atoms. The Bertz CT molecular complexity index is 386. The van der Waals surface area contributed by atoms with Crippen LogP contribution >= 0.6 is 0 Å². The Morgan fingerprint density at radius 3 is 2.29 bits per heavy atom. The topological polar surface area (TPSA) is 29.3 Å². The zero-order chi connectivity index (χ0) is 13.2. The predicted octanol–water partition coefficient (Wildman–Crippen LogP) is 2.83. The number of hydrogen-bond donors (Lipinski definition) is 1. The molecule has 0 aromatic heterocycles. The van der Waals surface area contributed by atoms with Gasteiger partial charge in [0.25, 0.3) is 0 Å². The normalized spacial score (nSPS) is 13.6. The van der Waals surface area contributed by atoms with Crippen molar-refractivity contribution in [3.05, 3.63) is 29.3 Å². The highest BCUT2D eigenvalue weighted by Gasteiger charge is 2.34. The van der Waals surface area contributed by atoms with Gasteiger partial charge in [0, 0.05) is 19.8 Å². The van der Waals surface area contributed by atoms with E-state index in [4.69, 9.17) is 5.73 Å². The molecular formula is C12H17F3N2. The van der Waals surface area contributed by atoms with Gasteiger partial charge in [-0.15, -0.1) is 0 Å². The summed E-state index contributed by atoms with van der Waals surface area (Å²) in [6.07, 6.45) is -4.33. The average Bonchev–Trinajstić information content (AvgIpc) is 2.25. The summed E-state index contributed by atoms with van der Waals surface area (Å²) in [7, 11) is 3.58. The number of benzene rings is 1. The Morgan fingerprint density at radius 1 is 1.29 bits per heavy atom. The van der Waals surface area contributed by atoms with Gasteiger partial charge in [0.2, 0.25) is 0 Å². The lowest BCUT2D eigenvalue weighted by Crippen LogP contribution is -2.17. The summed E-state index contributed by atoms with van der Waals surface area (Å²) in [4.78, 5) is 1.77. The molecule has 2 nitrogen and oxygen atoms in total. The van der Waals surface area contributed by atoms with Crippen molar-refractivity contribution in [2.45, 2.75) is 19.0 Å². The minimum atomic E-state index is -4.33. The average molecular weight is 246 g/mol. The summed E-state index contributed by atoms with van der Waals surface area (Å²) in [5, 5.41) is 0. The van der Waals surface area contributed by atoms with Gasteiger partial charge < -0.3 is 10.6 Å². The third-order valence-corrected chi connectivity index (χ3v) is 2.74. The van der Waals surface area contributed by atoms with Crippen molar-refractivity contribution in [1.29, 1.82) is 0 Å². The largest absolute Gasteiger partial charge is 0.416 e. The van der Waals surface area contributed by atoms with Crippen LogP contribution in [0.3, 0.4) is 0 Å². The molecule has 0 amide bonds. The van der Waals surface area contributed by atoms with Crippen LogP contribution in [0, 0.1) is 0 Å². The minimum Gasteiger partial charge on any atom is -0.378 e. The summed E-state index contributed by atoms with van der Waals surface area (Å²) < 4.78 is 38.5. The molecule has 1 unspecified atom stereocenters. The Hall–Kier alpha value is -1.23. The molecule has 1 aromatic carbocycles. The van der Waals surface area contributed by atoms with E-state index < -0.39 is 11.7 Å². The van der Waals surface area contributed by atoms with Crippen molar-refractivity contribution in [1.82, 2.24) is 0 Å². The monoisotopic (exact) mass is 246 g/mol. The Morgan fingerprint density at radius 2 is 1.88 bits per heavy atom. The number of nitrogens with two attached hydrogens (primary N) is 1. The van der Waals surface area contributed by atoms with Crippen LogP contribution in [0.15, 0.2) is 18.2 Å². The van der Waals surface area contributed by atoms with Gasteiger partial charge in [0.05, 0.1) is 5.56 Å². The molecule has 1 aromatic rings. The quantitative estimate of drug-likeness (QED) is 0.888. The zero-order valence-electron chi connectivity index (χ0n) is 10.2. The molecule has 0 aliphatic rings.